The van der Waals surface area contributed by atoms with Gasteiger partial charge in [-0.2, -0.15) is 0 Å². The highest BCUT2D eigenvalue weighted by atomic mass is 16.3. The molecule has 1 heterocycles. The van der Waals surface area contributed by atoms with Crippen LogP contribution in [0.2, 0.25) is 0 Å². The van der Waals surface area contributed by atoms with E-state index in [9.17, 15) is 5.11 Å². The zero-order valence-corrected chi connectivity index (χ0v) is 12.9. The Labute approximate surface area is 113 Å². The van der Waals surface area contributed by atoms with Gasteiger partial charge in [0.15, 0.2) is 0 Å². The molecule has 1 aliphatic rings. The smallest absolute Gasteiger partial charge is 0.0611 e. The maximum atomic E-state index is 9.61. The molecule has 18 heavy (non-hydrogen) atoms. The maximum absolute atomic E-state index is 9.61. The minimum atomic E-state index is -0.148. The number of aliphatic hydroxyl groups excluding tert-OH is 1. The monoisotopic (exact) mass is 256 g/mol. The molecular formula is C15H32N2O. The number of nitrogens with one attached hydrogen (secondary N) is 1. The molecule has 1 rings (SSSR count). The second kappa shape index (κ2) is 6.88. The second-order valence-electron chi connectivity index (χ2n) is 6.63. The highest BCUT2D eigenvalue weighted by Gasteiger charge is 2.29. The van der Waals surface area contributed by atoms with Crippen LogP contribution in [0.25, 0.3) is 0 Å². The molecule has 3 nitrogen and oxygen atoms in total. The summed E-state index contributed by atoms with van der Waals surface area (Å²) < 4.78 is 0. The van der Waals surface area contributed by atoms with E-state index in [-0.39, 0.29) is 12.1 Å². The van der Waals surface area contributed by atoms with Crippen molar-refractivity contribution < 1.29 is 5.11 Å². The number of hydrogen-bond acceptors (Lipinski definition) is 3. The molecule has 3 unspecified atom stereocenters. The number of piperidine rings is 1. The zero-order valence-electron chi connectivity index (χ0n) is 12.9. The summed E-state index contributed by atoms with van der Waals surface area (Å²) in [6.07, 6.45) is 5.01. The van der Waals surface area contributed by atoms with E-state index in [4.69, 9.17) is 0 Å². The maximum Gasteiger partial charge on any atom is 0.0611 e. The van der Waals surface area contributed by atoms with Gasteiger partial charge in [0.1, 0.15) is 0 Å². The van der Waals surface area contributed by atoms with E-state index in [0.717, 1.165) is 13.0 Å². The van der Waals surface area contributed by atoms with E-state index in [1.54, 1.807) is 0 Å². The minimum Gasteiger partial charge on any atom is -0.394 e. The van der Waals surface area contributed by atoms with E-state index in [2.05, 4.69) is 44.8 Å². The molecule has 0 aromatic rings. The van der Waals surface area contributed by atoms with Crippen molar-refractivity contribution in [2.45, 2.75) is 84.0 Å². The molecule has 3 heteroatoms. The van der Waals surface area contributed by atoms with Gasteiger partial charge in [-0.3, -0.25) is 4.90 Å². The number of hydrogen-bond donors (Lipinski definition) is 2. The van der Waals surface area contributed by atoms with Crippen LogP contribution in [0.3, 0.4) is 0 Å². The summed E-state index contributed by atoms with van der Waals surface area (Å²) in [6, 6.07) is 1.80. The van der Waals surface area contributed by atoms with Crippen molar-refractivity contribution in [1.29, 1.82) is 0 Å². The molecule has 0 spiro atoms. The molecule has 0 radical (unpaired) electrons. The van der Waals surface area contributed by atoms with Gasteiger partial charge in [0.25, 0.3) is 0 Å². The van der Waals surface area contributed by atoms with Crippen molar-refractivity contribution >= 4 is 0 Å². The Bertz CT molecular complexity index is 235. The van der Waals surface area contributed by atoms with Crippen LogP contribution in [0.5, 0.6) is 0 Å². The van der Waals surface area contributed by atoms with E-state index in [1.807, 2.05) is 0 Å². The van der Waals surface area contributed by atoms with Crippen molar-refractivity contribution in [3.05, 3.63) is 0 Å². The topological polar surface area (TPSA) is 35.5 Å². The number of rotatable bonds is 6. The molecule has 3 atom stereocenters. The van der Waals surface area contributed by atoms with Gasteiger partial charge in [0.2, 0.25) is 0 Å². The third-order valence-electron chi connectivity index (χ3n) is 4.28. The summed E-state index contributed by atoms with van der Waals surface area (Å²) in [5.74, 6) is 0. The van der Waals surface area contributed by atoms with Crippen LogP contribution in [0, 0.1) is 0 Å². The molecule has 1 fully saturated rings. The van der Waals surface area contributed by atoms with E-state index < -0.39 is 0 Å². The minimum absolute atomic E-state index is 0.148. The lowest BCUT2D eigenvalue weighted by Gasteiger charge is -2.41. The third kappa shape index (κ3) is 4.52. The molecule has 108 valence electrons. The Hall–Kier alpha value is -0.120. The van der Waals surface area contributed by atoms with Crippen molar-refractivity contribution in [2.24, 2.45) is 0 Å². The van der Waals surface area contributed by atoms with Crippen LogP contribution in [0.15, 0.2) is 0 Å². The quantitative estimate of drug-likeness (QED) is 0.766. The Morgan fingerprint density at radius 2 is 1.83 bits per heavy atom. The van der Waals surface area contributed by atoms with Crippen LogP contribution >= 0.6 is 0 Å². The summed E-state index contributed by atoms with van der Waals surface area (Å²) in [7, 11) is 0. The fourth-order valence-corrected chi connectivity index (χ4v) is 3.19. The Kier molecular flexibility index (Phi) is 6.09. The fraction of sp³-hybridized carbons (Fsp3) is 1.00. The summed E-state index contributed by atoms with van der Waals surface area (Å²) in [5, 5.41) is 13.1. The number of nitrogens with zero attached hydrogens (tertiary/aromatic N) is 1. The first kappa shape index (κ1) is 15.9. The molecule has 1 aliphatic heterocycles. The fourth-order valence-electron chi connectivity index (χ4n) is 3.19. The van der Waals surface area contributed by atoms with Crippen molar-refractivity contribution in [2.75, 3.05) is 13.2 Å². The Morgan fingerprint density at radius 3 is 2.28 bits per heavy atom. The van der Waals surface area contributed by atoms with E-state index in [0.29, 0.717) is 18.1 Å². The van der Waals surface area contributed by atoms with E-state index in [1.165, 1.54) is 19.3 Å². The van der Waals surface area contributed by atoms with Crippen LogP contribution in [-0.2, 0) is 0 Å². The predicted octanol–water partition coefficient (Wildman–Crippen LogP) is 2.39. The number of likely N-dealkylation sites (tertiary alicyclic amines) is 1. The van der Waals surface area contributed by atoms with Crippen LogP contribution in [0.4, 0.5) is 0 Å². The lowest BCUT2D eigenvalue weighted by molar-refractivity contribution is 0.0760. The SMILES string of the molecule is CC(C)NC(C)(CO)CCN1C(C)CCCC1C. The lowest BCUT2D eigenvalue weighted by Crippen LogP contribution is -2.53. The first-order chi connectivity index (χ1) is 8.38. The van der Waals surface area contributed by atoms with E-state index >= 15 is 0 Å². The molecule has 0 aliphatic carbocycles. The predicted molar refractivity (Wildman–Crippen MR) is 77.9 cm³/mol. The average molecular weight is 256 g/mol. The van der Waals surface area contributed by atoms with Crippen molar-refractivity contribution in [1.82, 2.24) is 10.2 Å². The van der Waals surface area contributed by atoms with Gasteiger partial charge in [-0.15, -0.1) is 0 Å². The first-order valence-electron chi connectivity index (χ1n) is 7.52. The third-order valence-corrected chi connectivity index (χ3v) is 4.28. The molecule has 0 aromatic heterocycles. The highest BCUT2D eigenvalue weighted by molar-refractivity contribution is 4.87. The summed E-state index contributed by atoms with van der Waals surface area (Å²) in [6.45, 7) is 12.4. The van der Waals surface area contributed by atoms with Gasteiger partial charge in [-0.1, -0.05) is 20.3 Å². The standard InChI is InChI=1S/C15H32N2O/c1-12(2)16-15(5,11-18)9-10-17-13(3)7-6-8-14(17)4/h12-14,16,18H,6-11H2,1-5H3. The van der Waals surface area contributed by atoms with Gasteiger partial charge >= 0.3 is 0 Å². The molecule has 0 amide bonds. The second-order valence-corrected chi connectivity index (χ2v) is 6.63. The highest BCUT2D eigenvalue weighted by Crippen LogP contribution is 2.24. The van der Waals surface area contributed by atoms with Crippen LogP contribution < -0.4 is 5.32 Å². The molecule has 0 aromatic carbocycles. The molecule has 0 saturated carbocycles. The van der Waals surface area contributed by atoms with Gasteiger partial charge in [0, 0.05) is 30.2 Å². The Morgan fingerprint density at radius 1 is 1.28 bits per heavy atom. The lowest BCUT2D eigenvalue weighted by atomic mass is 9.93. The zero-order chi connectivity index (χ0) is 13.8. The number of aliphatic hydroxyl groups is 1. The summed E-state index contributed by atoms with van der Waals surface area (Å²) in [4.78, 5) is 2.61. The summed E-state index contributed by atoms with van der Waals surface area (Å²) >= 11 is 0. The van der Waals surface area contributed by atoms with Gasteiger partial charge in [-0.25, -0.2) is 0 Å². The average Bonchev–Trinajstić information content (AvgIpc) is 2.27. The first-order valence-corrected chi connectivity index (χ1v) is 7.52. The summed E-state index contributed by atoms with van der Waals surface area (Å²) in [5.41, 5.74) is -0.148. The van der Waals surface area contributed by atoms with Crippen molar-refractivity contribution in [3.8, 4) is 0 Å². The molecule has 2 N–H and O–H groups in total. The molecule has 1 saturated heterocycles. The molecular weight excluding hydrogens is 224 g/mol. The van der Waals surface area contributed by atoms with Crippen LogP contribution in [0.1, 0.15) is 60.3 Å². The van der Waals surface area contributed by atoms with Gasteiger partial charge < -0.3 is 10.4 Å². The van der Waals surface area contributed by atoms with Crippen LogP contribution in [-0.4, -0.2) is 46.8 Å². The molecule has 0 bridgehead atoms. The Balaban J connectivity index is 2.50. The van der Waals surface area contributed by atoms with Gasteiger partial charge in [0.05, 0.1) is 6.61 Å². The van der Waals surface area contributed by atoms with Crippen molar-refractivity contribution in [3.63, 3.8) is 0 Å². The largest absolute Gasteiger partial charge is 0.394 e. The van der Waals surface area contributed by atoms with Gasteiger partial charge in [-0.05, 0) is 40.0 Å². The normalized spacial score (nSPS) is 29.5.